The lowest BCUT2D eigenvalue weighted by Crippen LogP contribution is -3.06. The Morgan fingerprint density at radius 3 is 1.91 bits per heavy atom. The molecule has 4 heteroatoms. The maximum Gasteiger partial charge on any atom is 0.208 e. The highest BCUT2D eigenvalue weighted by atomic mass is 15.1. The van der Waals surface area contributed by atoms with E-state index in [1.165, 1.54) is 60.4 Å². The smallest absolute Gasteiger partial charge is 0.208 e. The summed E-state index contributed by atoms with van der Waals surface area (Å²) < 4.78 is 2.58. The highest BCUT2D eigenvalue weighted by Gasteiger charge is 2.22. The van der Waals surface area contributed by atoms with E-state index in [0.29, 0.717) is 0 Å². The first kappa shape index (κ1) is 32.7. The van der Waals surface area contributed by atoms with Crippen molar-refractivity contribution >= 4 is 22.6 Å². The van der Waals surface area contributed by atoms with Crippen molar-refractivity contribution in [3.05, 3.63) is 124 Å². The zero-order valence-electron chi connectivity index (χ0n) is 28.6. The minimum atomic E-state index is 0.990. The van der Waals surface area contributed by atoms with Crippen molar-refractivity contribution in [1.29, 1.82) is 0 Å². The van der Waals surface area contributed by atoms with Gasteiger partial charge in [0.05, 0.1) is 19.6 Å². The van der Waals surface area contributed by atoms with Crippen LogP contribution in [0, 0.1) is 0 Å². The minimum absolute atomic E-state index is 0.990. The second-order valence-corrected chi connectivity index (χ2v) is 12.1. The molecule has 5 rings (SSSR count). The number of nitrogens with zero attached hydrogens (tertiary/aromatic N) is 3. The number of rotatable bonds is 13. The van der Waals surface area contributed by atoms with E-state index in [-0.39, 0.29) is 0 Å². The first-order valence-electron chi connectivity index (χ1n) is 17.4. The van der Waals surface area contributed by atoms with E-state index in [4.69, 9.17) is 0 Å². The normalized spacial score (nSPS) is 13.5. The average Bonchev–Trinajstić information content (AvgIpc) is 3.24. The van der Waals surface area contributed by atoms with Gasteiger partial charge in [0.1, 0.15) is 5.69 Å². The van der Waals surface area contributed by atoms with Crippen molar-refractivity contribution < 1.29 is 4.90 Å². The van der Waals surface area contributed by atoms with Crippen molar-refractivity contribution in [2.24, 2.45) is 0 Å². The summed E-state index contributed by atoms with van der Waals surface area (Å²) in [5, 5.41) is 2.65. The Morgan fingerprint density at radius 2 is 1.29 bits per heavy atom. The van der Waals surface area contributed by atoms with Gasteiger partial charge in [0, 0.05) is 42.0 Å². The summed E-state index contributed by atoms with van der Waals surface area (Å²) >= 11 is 0. The summed E-state index contributed by atoms with van der Waals surface area (Å²) in [7, 11) is 0. The zero-order chi connectivity index (χ0) is 31.8. The van der Waals surface area contributed by atoms with Gasteiger partial charge in [0.25, 0.3) is 0 Å². The van der Waals surface area contributed by atoms with Crippen molar-refractivity contribution in [2.75, 3.05) is 57.3 Å². The van der Waals surface area contributed by atoms with Gasteiger partial charge in [-0.3, -0.25) is 4.90 Å². The maximum atomic E-state index is 2.58. The molecule has 0 atom stereocenters. The number of hydrogen-bond donors (Lipinski definition) is 1. The van der Waals surface area contributed by atoms with Crippen LogP contribution in [0.2, 0.25) is 0 Å². The number of fused-ring (bicyclic) bond motifs is 2. The van der Waals surface area contributed by atoms with Crippen LogP contribution in [0.4, 0.5) is 17.1 Å². The Bertz CT molecular complexity index is 1600. The lowest BCUT2D eigenvalue weighted by atomic mass is 9.93. The first-order valence-corrected chi connectivity index (χ1v) is 17.4. The molecule has 0 bridgehead atoms. The fourth-order valence-corrected chi connectivity index (χ4v) is 7.07. The number of quaternary nitrogens is 1. The van der Waals surface area contributed by atoms with Crippen LogP contribution in [0.15, 0.2) is 91.0 Å². The third-order valence-electron chi connectivity index (χ3n) is 9.86. The van der Waals surface area contributed by atoms with Crippen molar-refractivity contribution in [3.63, 3.8) is 0 Å². The van der Waals surface area contributed by atoms with Crippen LogP contribution in [0.5, 0.6) is 0 Å². The standard InChI is InChI=1S/C41H53N4/c1-7-42(8-2)29-30-45-39-16-14-13-15-32(39)17-18-35-31-36(23-28-40(35)45)41(33-19-24-37(25-20-33)43(9-3)10-4)34-21-26-38(27-22-34)44(11-5)12-6/h13-16,19-28,31H,7-12,17-18,29-30H2,1-6H3/q+1/p+1. The lowest BCUT2D eigenvalue weighted by molar-refractivity contribution is -0.828. The Labute approximate surface area is 271 Å². The van der Waals surface area contributed by atoms with Gasteiger partial charge in [0.2, 0.25) is 11.0 Å². The van der Waals surface area contributed by atoms with E-state index in [1.807, 2.05) is 0 Å². The van der Waals surface area contributed by atoms with Crippen molar-refractivity contribution in [2.45, 2.75) is 54.4 Å². The lowest BCUT2D eigenvalue weighted by Gasteiger charge is -2.21. The number of hydrogen-bond acceptors (Lipinski definition) is 2. The number of para-hydroxylation sites is 1. The Hall–Kier alpha value is -3.73. The SMILES string of the molecule is CCN(CC)CC[N+]1=c2cc/c(=C(/c3ccc(N(CC)CC)cc3)c3ccc([NH+](CC)CC)cc3)cc2CCc2ccccc21. The molecular weight excluding hydrogens is 548 g/mol. The summed E-state index contributed by atoms with van der Waals surface area (Å²) in [6.45, 7) is 21.9. The molecule has 45 heavy (non-hydrogen) atoms. The van der Waals surface area contributed by atoms with Gasteiger partial charge in [-0.1, -0.05) is 44.2 Å². The third kappa shape index (κ3) is 7.24. The van der Waals surface area contributed by atoms with Crippen molar-refractivity contribution in [1.82, 2.24) is 9.48 Å². The second kappa shape index (κ2) is 15.5. The van der Waals surface area contributed by atoms with Gasteiger partial charge in [-0.25, -0.2) is 0 Å². The molecule has 1 aliphatic rings. The molecule has 1 N–H and O–H groups in total. The Balaban J connectivity index is 1.70. The molecule has 4 aromatic rings. The Morgan fingerprint density at radius 1 is 0.667 bits per heavy atom. The molecule has 0 saturated heterocycles. The summed E-state index contributed by atoms with van der Waals surface area (Å²) in [6, 6.07) is 34.9. The van der Waals surface area contributed by atoms with Crippen LogP contribution in [0.1, 0.15) is 63.8 Å². The van der Waals surface area contributed by atoms with E-state index in [9.17, 15) is 0 Å². The molecule has 0 aromatic heterocycles. The molecular formula is C41H54N4+2. The van der Waals surface area contributed by atoms with Crippen LogP contribution >= 0.6 is 0 Å². The van der Waals surface area contributed by atoms with E-state index in [1.54, 1.807) is 0 Å². The van der Waals surface area contributed by atoms with Crippen LogP contribution < -0.4 is 25.0 Å². The number of nitrogens with one attached hydrogen (secondary N) is 1. The van der Waals surface area contributed by atoms with E-state index in [2.05, 4.69) is 147 Å². The van der Waals surface area contributed by atoms with Gasteiger partial charge in [0.15, 0.2) is 6.54 Å². The summed E-state index contributed by atoms with van der Waals surface area (Å²) in [6.07, 6.45) is 2.10. The van der Waals surface area contributed by atoms with Crippen LogP contribution in [-0.2, 0) is 12.8 Å². The molecule has 0 saturated carbocycles. The second-order valence-electron chi connectivity index (χ2n) is 12.1. The van der Waals surface area contributed by atoms with Gasteiger partial charge >= 0.3 is 0 Å². The van der Waals surface area contributed by atoms with Crippen LogP contribution in [0.25, 0.3) is 5.57 Å². The first-order chi connectivity index (χ1) is 22.0. The van der Waals surface area contributed by atoms with Crippen LogP contribution in [-0.4, -0.2) is 57.3 Å². The van der Waals surface area contributed by atoms with Crippen LogP contribution in [0.3, 0.4) is 0 Å². The molecule has 4 nitrogen and oxygen atoms in total. The predicted molar refractivity (Wildman–Crippen MR) is 193 cm³/mol. The summed E-state index contributed by atoms with van der Waals surface area (Å²) in [5.74, 6) is 0. The molecule has 0 radical (unpaired) electrons. The number of aryl methyl sites for hydroxylation is 2. The van der Waals surface area contributed by atoms with E-state index < -0.39 is 0 Å². The zero-order valence-corrected chi connectivity index (χ0v) is 28.6. The van der Waals surface area contributed by atoms with E-state index in [0.717, 1.165) is 65.2 Å². The molecule has 1 aliphatic heterocycles. The molecule has 4 aromatic carbocycles. The van der Waals surface area contributed by atoms with Gasteiger partial charge in [-0.05, 0) is 124 Å². The Kier molecular flexibility index (Phi) is 11.3. The molecule has 0 aliphatic carbocycles. The quantitative estimate of drug-likeness (QED) is 0.200. The summed E-state index contributed by atoms with van der Waals surface area (Å²) in [4.78, 5) is 6.46. The van der Waals surface area contributed by atoms with Gasteiger partial charge in [-0.2, -0.15) is 4.58 Å². The molecule has 0 unspecified atom stereocenters. The highest BCUT2D eigenvalue weighted by Crippen LogP contribution is 2.26. The number of benzene rings is 4. The molecule has 0 amide bonds. The topological polar surface area (TPSA) is 13.9 Å². The third-order valence-corrected chi connectivity index (χ3v) is 9.86. The fraction of sp³-hybridized carbons (Fsp3) is 0.390. The average molecular weight is 603 g/mol. The van der Waals surface area contributed by atoms with Crippen molar-refractivity contribution in [3.8, 4) is 0 Å². The van der Waals surface area contributed by atoms with Gasteiger partial charge in [-0.15, -0.1) is 0 Å². The molecule has 1 heterocycles. The van der Waals surface area contributed by atoms with E-state index >= 15 is 0 Å². The molecule has 236 valence electrons. The highest BCUT2D eigenvalue weighted by molar-refractivity contribution is 5.80. The number of likely N-dealkylation sites (N-methyl/N-ethyl adjacent to an activating group) is 1. The summed E-state index contributed by atoms with van der Waals surface area (Å²) in [5.41, 5.74) is 10.7. The fourth-order valence-electron chi connectivity index (χ4n) is 7.07. The molecule has 0 fully saturated rings. The maximum absolute atomic E-state index is 2.58. The predicted octanol–water partition coefficient (Wildman–Crippen LogP) is 5.60. The largest absolute Gasteiger partial charge is 0.372 e. The monoisotopic (exact) mass is 602 g/mol. The number of anilines is 1. The minimum Gasteiger partial charge on any atom is -0.372 e. The molecule has 0 spiro atoms. The van der Waals surface area contributed by atoms with Gasteiger partial charge < -0.3 is 9.80 Å².